The zero-order valence-electron chi connectivity index (χ0n) is 10.1. The van der Waals surface area contributed by atoms with Crippen LogP contribution in [-0.2, 0) is 0 Å². The molecule has 0 amide bonds. The van der Waals surface area contributed by atoms with E-state index in [4.69, 9.17) is 12.2 Å². The van der Waals surface area contributed by atoms with Gasteiger partial charge in [0, 0.05) is 26.1 Å². The third-order valence-corrected chi connectivity index (χ3v) is 2.93. The summed E-state index contributed by atoms with van der Waals surface area (Å²) in [5, 5.41) is 0. The third-order valence-electron chi connectivity index (χ3n) is 2.93. The van der Waals surface area contributed by atoms with E-state index >= 15 is 0 Å². The lowest BCUT2D eigenvalue weighted by molar-refractivity contribution is 0.428. The molecule has 0 atom stereocenters. The molecule has 0 saturated carbocycles. The summed E-state index contributed by atoms with van der Waals surface area (Å²) in [6, 6.07) is 0. The normalized spacial score (nSPS) is 17.9. The fraction of sp³-hybridized carbons (Fsp3) is 0.769. The summed E-state index contributed by atoms with van der Waals surface area (Å²) in [7, 11) is 0. The lowest BCUT2D eigenvalue weighted by atomic mass is 10.2. The van der Waals surface area contributed by atoms with E-state index < -0.39 is 0 Å². The Bertz CT molecular complexity index is 244. The first-order valence-corrected chi connectivity index (χ1v) is 6.33. The quantitative estimate of drug-likeness (QED) is 0.341. The van der Waals surface area contributed by atoms with Crippen LogP contribution in [0.5, 0.6) is 0 Å². The Morgan fingerprint density at radius 1 is 1.19 bits per heavy atom. The van der Waals surface area contributed by atoms with E-state index in [1.807, 2.05) is 0 Å². The highest BCUT2D eigenvalue weighted by Crippen LogP contribution is 2.09. The van der Waals surface area contributed by atoms with Crippen molar-refractivity contribution in [3.63, 3.8) is 0 Å². The summed E-state index contributed by atoms with van der Waals surface area (Å²) in [4.78, 5) is 6.63. The van der Waals surface area contributed by atoms with Crippen molar-refractivity contribution >= 4 is 5.96 Å². The molecule has 1 saturated heterocycles. The smallest absolute Gasteiger partial charge is 0.191 e. The lowest BCUT2D eigenvalue weighted by Gasteiger charge is -2.21. The first kappa shape index (κ1) is 12.9. The van der Waals surface area contributed by atoms with Gasteiger partial charge in [-0.2, -0.15) is 0 Å². The van der Waals surface area contributed by atoms with Crippen LogP contribution in [0.25, 0.3) is 0 Å². The van der Waals surface area contributed by atoms with Crippen LogP contribution in [-0.4, -0.2) is 30.5 Å². The molecular weight excluding hydrogens is 198 g/mol. The predicted octanol–water partition coefficient (Wildman–Crippen LogP) is 1.98. The van der Waals surface area contributed by atoms with Crippen LogP contribution >= 0.6 is 0 Å². The second-order valence-corrected chi connectivity index (χ2v) is 4.30. The SMILES string of the molecule is C#CCCCCN=C(N)N1CCCCCC1. The Balaban J connectivity index is 2.23. The molecule has 16 heavy (non-hydrogen) atoms. The van der Waals surface area contributed by atoms with Gasteiger partial charge in [-0.3, -0.25) is 4.99 Å². The topological polar surface area (TPSA) is 41.6 Å². The van der Waals surface area contributed by atoms with Gasteiger partial charge in [0.2, 0.25) is 0 Å². The summed E-state index contributed by atoms with van der Waals surface area (Å²) < 4.78 is 0. The molecule has 2 N–H and O–H groups in total. The molecule has 1 aliphatic heterocycles. The summed E-state index contributed by atoms with van der Waals surface area (Å²) in [5.74, 6) is 3.36. The Kier molecular flexibility index (Phi) is 6.48. The van der Waals surface area contributed by atoms with Crippen LogP contribution in [0.15, 0.2) is 4.99 Å². The molecule has 0 spiro atoms. The van der Waals surface area contributed by atoms with Gasteiger partial charge < -0.3 is 10.6 Å². The number of unbranched alkanes of at least 4 members (excludes halogenated alkanes) is 2. The summed E-state index contributed by atoms with van der Waals surface area (Å²) >= 11 is 0. The van der Waals surface area contributed by atoms with Gasteiger partial charge in [-0.25, -0.2) is 0 Å². The van der Waals surface area contributed by atoms with Gasteiger partial charge in [0.25, 0.3) is 0 Å². The minimum absolute atomic E-state index is 0.725. The zero-order valence-corrected chi connectivity index (χ0v) is 10.1. The van der Waals surface area contributed by atoms with E-state index in [0.717, 1.165) is 44.9 Å². The van der Waals surface area contributed by atoms with Crippen molar-refractivity contribution in [3.8, 4) is 12.3 Å². The van der Waals surface area contributed by atoms with Crippen LogP contribution in [0.3, 0.4) is 0 Å². The standard InChI is InChI=1S/C13H23N3/c1-2-3-4-7-10-15-13(14)16-11-8-5-6-9-12-16/h1H,3-12H2,(H2,14,15). The second-order valence-electron chi connectivity index (χ2n) is 4.30. The molecule has 1 heterocycles. The van der Waals surface area contributed by atoms with E-state index in [1.165, 1.54) is 25.7 Å². The summed E-state index contributed by atoms with van der Waals surface area (Å²) in [6.07, 6.45) is 13.3. The molecule has 3 nitrogen and oxygen atoms in total. The largest absolute Gasteiger partial charge is 0.370 e. The zero-order chi connectivity index (χ0) is 11.6. The van der Waals surface area contributed by atoms with Crippen molar-refractivity contribution in [3.05, 3.63) is 0 Å². The van der Waals surface area contributed by atoms with E-state index in [9.17, 15) is 0 Å². The van der Waals surface area contributed by atoms with Crippen molar-refractivity contribution in [1.82, 2.24) is 4.90 Å². The van der Waals surface area contributed by atoms with E-state index in [2.05, 4.69) is 15.8 Å². The average Bonchev–Trinajstić information content (AvgIpc) is 2.57. The third kappa shape index (κ3) is 5.06. The van der Waals surface area contributed by atoms with Crippen LogP contribution in [0.4, 0.5) is 0 Å². The highest BCUT2D eigenvalue weighted by Gasteiger charge is 2.10. The molecule has 1 rings (SSSR count). The number of nitrogens with zero attached hydrogens (tertiary/aromatic N) is 2. The van der Waals surface area contributed by atoms with E-state index in [0.29, 0.717) is 0 Å². The predicted molar refractivity (Wildman–Crippen MR) is 69.2 cm³/mol. The first-order valence-electron chi connectivity index (χ1n) is 6.33. The molecule has 1 aliphatic rings. The monoisotopic (exact) mass is 221 g/mol. The molecule has 0 unspecified atom stereocenters. The minimum Gasteiger partial charge on any atom is -0.370 e. The molecule has 0 aromatic rings. The Morgan fingerprint density at radius 3 is 2.50 bits per heavy atom. The van der Waals surface area contributed by atoms with Crippen LogP contribution in [0, 0.1) is 12.3 Å². The Morgan fingerprint density at radius 2 is 1.88 bits per heavy atom. The van der Waals surface area contributed by atoms with Crippen molar-refractivity contribution in [2.24, 2.45) is 10.7 Å². The second kappa shape index (κ2) is 8.04. The van der Waals surface area contributed by atoms with Gasteiger partial charge in [0.1, 0.15) is 0 Å². The van der Waals surface area contributed by atoms with E-state index in [-0.39, 0.29) is 0 Å². The van der Waals surface area contributed by atoms with Crippen molar-refractivity contribution in [1.29, 1.82) is 0 Å². The number of hydrogen-bond donors (Lipinski definition) is 1. The van der Waals surface area contributed by atoms with Gasteiger partial charge in [-0.05, 0) is 25.7 Å². The lowest BCUT2D eigenvalue weighted by Crippen LogP contribution is -2.38. The fourth-order valence-electron chi connectivity index (χ4n) is 1.93. The molecule has 1 fully saturated rings. The number of terminal acetylenes is 1. The van der Waals surface area contributed by atoms with Crippen LogP contribution in [0.2, 0.25) is 0 Å². The summed E-state index contributed by atoms with van der Waals surface area (Å²) in [5.41, 5.74) is 5.97. The van der Waals surface area contributed by atoms with Gasteiger partial charge >= 0.3 is 0 Å². The molecule has 90 valence electrons. The highest BCUT2D eigenvalue weighted by molar-refractivity contribution is 5.78. The van der Waals surface area contributed by atoms with Crippen molar-refractivity contribution in [2.75, 3.05) is 19.6 Å². The fourth-order valence-corrected chi connectivity index (χ4v) is 1.93. The molecule has 0 bridgehead atoms. The maximum Gasteiger partial charge on any atom is 0.191 e. The van der Waals surface area contributed by atoms with Gasteiger partial charge in [0.15, 0.2) is 5.96 Å². The molecule has 0 radical (unpaired) electrons. The van der Waals surface area contributed by atoms with Crippen molar-refractivity contribution in [2.45, 2.75) is 44.9 Å². The molecule has 0 aromatic heterocycles. The van der Waals surface area contributed by atoms with Gasteiger partial charge in [-0.1, -0.05) is 12.8 Å². The summed E-state index contributed by atoms with van der Waals surface area (Å²) in [6.45, 7) is 2.95. The number of aliphatic imine (C=N–C) groups is 1. The van der Waals surface area contributed by atoms with Gasteiger partial charge in [-0.15, -0.1) is 12.3 Å². The average molecular weight is 221 g/mol. The number of guanidine groups is 1. The van der Waals surface area contributed by atoms with Crippen LogP contribution < -0.4 is 5.73 Å². The van der Waals surface area contributed by atoms with E-state index in [1.54, 1.807) is 0 Å². The minimum atomic E-state index is 0.725. The Hall–Kier alpha value is -1.17. The molecule has 3 heteroatoms. The number of hydrogen-bond acceptors (Lipinski definition) is 1. The Labute approximate surface area is 99.1 Å². The number of likely N-dealkylation sites (tertiary alicyclic amines) is 1. The van der Waals surface area contributed by atoms with Crippen LogP contribution in [0.1, 0.15) is 44.9 Å². The number of nitrogens with two attached hydrogens (primary N) is 1. The maximum atomic E-state index is 5.97. The molecular formula is C13H23N3. The maximum absolute atomic E-state index is 5.97. The molecule has 0 aromatic carbocycles. The number of rotatable bonds is 4. The van der Waals surface area contributed by atoms with Gasteiger partial charge in [0.05, 0.1) is 0 Å². The molecule has 0 aliphatic carbocycles. The van der Waals surface area contributed by atoms with Crippen molar-refractivity contribution < 1.29 is 0 Å². The first-order chi connectivity index (χ1) is 7.84. The highest BCUT2D eigenvalue weighted by atomic mass is 15.2.